The van der Waals surface area contributed by atoms with Gasteiger partial charge < -0.3 is 19.0 Å². The van der Waals surface area contributed by atoms with Crippen LogP contribution in [0.15, 0.2) is 36.7 Å². The van der Waals surface area contributed by atoms with E-state index in [-0.39, 0.29) is 10.5 Å². The van der Waals surface area contributed by atoms with Crippen LogP contribution in [0.5, 0.6) is 5.06 Å². The monoisotopic (exact) mass is 564 g/mol. The molecule has 0 bridgehead atoms. The number of amides is 1. The van der Waals surface area contributed by atoms with Gasteiger partial charge in [0.2, 0.25) is 0 Å². The van der Waals surface area contributed by atoms with Gasteiger partial charge in [-0.2, -0.15) is 0 Å². The number of ether oxygens (including phenoxy) is 1. The third kappa shape index (κ3) is 7.72. The van der Waals surface area contributed by atoms with Crippen LogP contribution in [0.1, 0.15) is 64.7 Å². The second kappa shape index (κ2) is 11.6. The van der Waals surface area contributed by atoms with Crippen LogP contribution >= 0.6 is 11.3 Å². The summed E-state index contributed by atoms with van der Waals surface area (Å²) in [6.45, 7) is 12.8. The number of halogens is 1. The summed E-state index contributed by atoms with van der Waals surface area (Å²) in [6.07, 6.45) is 3.08. The van der Waals surface area contributed by atoms with Gasteiger partial charge in [-0.15, -0.1) is 11.3 Å². The number of imidazole rings is 1. The SMILES string of the molecule is CC(C)Cc1cc(-c2ccc(Cn3ccnc3C(C)(C)C)c(F)c2)c(OC(=O)N(CC(C)(C)O)S(=O)[O-])s1. The molecule has 0 saturated carbocycles. The topological polar surface area (TPSA) is 108 Å². The molecule has 0 radical (unpaired) electrons. The first-order valence-corrected chi connectivity index (χ1v) is 14.1. The highest BCUT2D eigenvalue weighted by Crippen LogP contribution is 2.40. The predicted molar refractivity (Wildman–Crippen MR) is 146 cm³/mol. The largest absolute Gasteiger partial charge is 0.755 e. The van der Waals surface area contributed by atoms with Crippen LogP contribution < -0.4 is 4.74 Å². The second-order valence-electron chi connectivity index (χ2n) is 11.4. The van der Waals surface area contributed by atoms with Crippen molar-refractivity contribution in [1.29, 1.82) is 0 Å². The normalized spacial score (nSPS) is 13.1. The summed E-state index contributed by atoms with van der Waals surface area (Å²) < 4.78 is 46.5. The summed E-state index contributed by atoms with van der Waals surface area (Å²) in [6, 6.07) is 6.67. The van der Waals surface area contributed by atoms with Gasteiger partial charge >= 0.3 is 6.09 Å². The molecule has 1 unspecified atom stereocenters. The van der Waals surface area contributed by atoms with Crippen molar-refractivity contribution >= 4 is 28.7 Å². The first-order valence-electron chi connectivity index (χ1n) is 12.3. The summed E-state index contributed by atoms with van der Waals surface area (Å²) in [7, 11) is 0. The molecule has 0 fully saturated rings. The van der Waals surface area contributed by atoms with E-state index in [0.717, 1.165) is 10.7 Å². The van der Waals surface area contributed by atoms with Crippen molar-refractivity contribution in [2.24, 2.45) is 5.92 Å². The molecular formula is C27H35FN3O5S2-. The smallest absolute Gasteiger partial charge is 0.427 e. The molecule has 0 aliphatic carbocycles. The van der Waals surface area contributed by atoms with Gasteiger partial charge in [0.1, 0.15) is 11.6 Å². The van der Waals surface area contributed by atoms with Crippen LogP contribution in [-0.4, -0.2) is 46.0 Å². The number of hydrogen-bond acceptors (Lipinski definition) is 7. The van der Waals surface area contributed by atoms with Crippen molar-refractivity contribution in [3.63, 3.8) is 0 Å². The quantitative estimate of drug-likeness (QED) is 0.336. The second-order valence-corrected chi connectivity index (χ2v) is 13.4. The van der Waals surface area contributed by atoms with Crippen LogP contribution in [0.2, 0.25) is 0 Å². The molecule has 11 heteroatoms. The molecule has 1 atom stereocenters. The molecule has 8 nitrogen and oxygen atoms in total. The number of hydrogen-bond donors (Lipinski definition) is 1. The van der Waals surface area contributed by atoms with E-state index in [1.165, 1.54) is 31.3 Å². The van der Waals surface area contributed by atoms with Crippen molar-refractivity contribution < 1.29 is 27.8 Å². The van der Waals surface area contributed by atoms with Gasteiger partial charge in [0, 0.05) is 33.8 Å². The third-order valence-electron chi connectivity index (χ3n) is 5.54. The van der Waals surface area contributed by atoms with Crippen LogP contribution in [0.25, 0.3) is 11.1 Å². The minimum absolute atomic E-state index is 0.161. The number of aliphatic hydroxyl groups is 1. The first-order chi connectivity index (χ1) is 17.5. The molecule has 208 valence electrons. The lowest BCUT2D eigenvalue weighted by molar-refractivity contribution is 0.0588. The summed E-state index contributed by atoms with van der Waals surface area (Å²) in [4.78, 5) is 18.1. The maximum absolute atomic E-state index is 15.3. The predicted octanol–water partition coefficient (Wildman–Crippen LogP) is 5.66. The Kier molecular flexibility index (Phi) is 9.18. The fourth-order valence-corrected chi connectivity index (χ4v) is 5.78. The molecular weight excluding hydrogens is 529 g/mol. The molecule has 2 heterocycles. The van der Waals surface area contributed by atoms with E-state index in [0.29, 0.717) is 39.9 Å². The lowest BCUT2D eigenvalue weighted by Gasteiger charge is -2.29. The molecule has 38 heavy (non-hydrogen) atoms. The van der Waals surface area contributed by atoms with Gasteiger partial charge in [-0.05, 0) is 43.9 Å². The van der Waals surface area contributed by atoms with E-state index in [1.807, 2.05) is 51.4 Å². The van der Waals surface area contributed by atoms with Gasteiger partial charge in [-0.25, -0.2) is 18.5 Å². The standard InChI is InChI=1S/C27H36FN3O5S2/c1-17(2)12-20-14-21(23(37-20)36-25(32)31(38(34)35)16-27(6,7)33)18-8-9-19(22(28)13-18)15-30-11-10-29-24(30)26(3,4)5/h8-11,13-14,17,33H,12,15-16H2,1-7H3,(H,34,35)/p-1. The number of rotatable bonds is 9. The Balaban J connectivity index is 1.94. The number of carbonyl (C=O) groups is 1. The molecule has 0 aliphatic heterocycles. The maximum Gasteiger partial charge on any atom is 0.427 e. The molecule has 0 spiro atoms. The van der Waals surface area contributed by atoms with Crippen LogP contribution in [0.4, 0.5) is 9.18 Å². The molecule has 2 aromatic heterocycles. The Morgan fingerprint density at radius 3 is 2.50 bits per heavy atom. The van der Waals surface area contributed by atoms with Gasteiger partial charge in [-0.3, -0.25) is 4.21 Å². The molecule has 3 aromatic rings. The van der Waals surface area contributed by atoms with Crippen molar-refractivity contribution in [2.75, 3.05) is 6.54 Å². The Morgan fingerprint density at radius 2 is 1.95 bits per heavy atom. The number of benzene rings is 1. The lowest BCUT2D eigenvalue weighted by Crippen LogP contribution is -2.44. The van der Waals surface area contributed by atoms with Crippen molar-refractivity contribution in [3.05, 3.63) is 58.7 Å². The molecule has 1 aromatic carbocycles. The number of nitrogens with zero attached hydrogens (tertiary/aromatic N) is 3. The van der Waals surface area contributed by atoms with Gasteiger partial charge in [0.05, 0.1) is 30.0 Å². The van der Waals surface area contributed by atoms with Crippen LogP contribution in [-0.2, 0) is 29.6 Å². The Labute approximate surface area is 229 Å². The fraction of sp³-hybridized carbons (Fsp3) is 0.481. The zero-order valence-corrected chi connectivity index (χ0v) is 24.4. The summed E-state index contributed by atoms with van der Waals surface area (Å²) in [5, 5.41) is 10.2. The van der Waals surface area contributed by atoms with Crippen LogP contribution in [0.3, 0.4) is 0 Å². The van der Waals surface area contributed by atoms with E-state index >= 15 is 4.39 Å². The number of carbonyl (C=O) groups excluding carboxylic acids is 1. The summed E-state index contributed by atoms with van der Waals surface area (Å²) in [5.41, 5.74) is -0.191. The summed E-state index contributed by atoms with van der Waals surface area (Å²) >= 11 is -1.74. The third-order valence-corrected chi connectivity index (χ3v) is 7.22. The van der Waals surface area contributed by atoms with E-state index < -0.39 is 35.3 Å². The van der Waals surface area contributed by atoms with Gasteiger partial charge in [-0.1, -0.05) is 46.8 Å². The first kappa shape index (κ1) is 29.9. The minimum atomic E-state index is -2.95. The maximum atomic E-state index is 15.3. The van der Waals surface area contributed by atoms with Crippen molar-refractivity contribution in [2.45, 2.75) is 72.4 Å². The van der Waals surface area contributed by atoms with Crippen molar-refractivity contribution in [1.82, 2.24) is 13.9 Å². The van der Waals surface area contributed by atoms with Crippen LogP contribution in [0, 0.1) is 11.7 Å². The average Bonchev–Trinajstić information content (AvgIpc) is 3.39. The molecule has 1 N–H and O–H groups in total. The number of aromatic nitrogens is 2. The minimum Gasteiger partial charge on any atom is -0.755 e. The van der Waals surface area contributed by atoms with Gasteiger partial charge in [0.25, 0.3) is 0 Å². The highest BCUT2D eigenvalue weighted by molar-refractivity contribution is 7.77. The Hall–Kier alpha value is -2.60. The van der Waals surface area contributed by atoms with Gasteiger partial charge in [0.15, 0.2) is 5.06 Å². The lowest BCUT2D eigenvalue weighted by atomic mass is 9.95. The zero-order valence-electron chi connectivity index (χ0n) is 22.8. The zero-order chi connectivity index (χ0) is 28.4. The Bertz CT molecular complexity index is 1300. The molecule has 1 amide bonds. The highest BCUT2D eigenvalue weighted by atomic mass is 32.2. The molecule has 0 aliphatic rings. The van der Waals surface area contributed by atoms with Crippen molar-refractivity contribution in [3.8, 4) is 16.2 Å². The van der Waals surface area contributed by atoms with E-state index in [2.05, 4.69) is 4.98 Å². The van der Waals surface area contributed by atoms with E-state index in [9.17, 15) is 18.7 Å². The summed E-state index contributed by atoms with van der Waals surface area (Å²) in [5.74, 6) is 0.740. The number of thiophene rings is 1. The Morgan fingerprint density at radius 1 is 1.26 bits per heavy atom. The average molecular weight is 565 g/mol. The van der Waals surface area contributed by atoms with E-state index in [1.54, 1.807) is 18.3 Å². The van der Waals surface area contributed by atoms with E-state index in [4.69, 9.17) is 4.74 Å². The highest BCUT2D eigenvalue weighted by Gasteiger charge is 2.27. The molecule has 3 rings (SSSR count). The molecule has 0 saturated heterocycles. The fourth-order valence-electron chi connectivity index (χ4n) is 3.97.